The summed E-state index contributed by atoms with van der Waals surface area (Å²) >= 11 is 0. The van der Waals surface area contributed by atoms with Gasteiger partial charge in [0, 0.05) is 6.07 Å². The van der Waals surface area contributed by atoms with E-state index < -0.39 is 9.04 Å². The van der Waals surface area contributed by atoms with Crippen LogP contribution in [-0.2, 0) is 6.42 Å². The summed E-state index contributed by atoms with van der Waals surface area (Å²) in [5.41, 5.74) is 1.18. The summed E-state index contributed by atoms with van der Waals surface area (Å²) in [7, 11) is -1.08. The van der Waals surface area contributed by atoms with E-state index in [1.807, 2.05) is 6.07 Å². The summed E-state index contributed by atoms with van der Waals surface area (Å²) in [4.78, 5) is 0. The second-order valence-corrected chi connectivity index (χ2v) is 6.79. The molecule has 1 aromatic rings. The minimum atomic E-state index is -1.08. The molecular formula is C13H22O2Si. The molecule has 3 heteroatoms. The molecule has 0 aliphatic carbocycles. The van der Waals surface area contributed by atoms with Crippen LogP contribution >= 0.6 is 0 Å². The molecule has 1 N–H and O–H groups in total. The number of phenolic OH excluding ortho intramolecular Hbond substituents is 1. The second-order valence-electron chi connectivity index (χ2n) is 4.46. The first-order chi connectivity index (χ1) is 7.61. The average Bonchev–Trinajstić information content (AvgIpc) is 2.16. The van der Waals surface area contributed by atoms with Gasteiger partial charge in [-0.05, 0) is 43.6 Å². The van der Waals surface area contributed by atoms with E-state index in [-0.39, 0.29) is 0 Å². The topological polar surface area (TPSA) is 29.5 Å². The largest absolute Gasteiger partial charge is 0.547 e. The van der Waals surface area contributed by atoms with E-state index in [2.05, 4.69) is 26.1 Å². The first-order valence-electron chi connectivity index (χ1n) is 6.11. The first kappa shape index (κ1) is 13.1. The Morgan fingerprint density at radius 2 is 1.94 bits per heavy atom. The minimum Gasteiger partial charge on any atom is -0.547 e. The molecule has 90 valence electrons. The van der Waals surface area contributed by atoms with Gasteiger partial charge in [-0.15, -0.1) is 0 Å². The third kappa shape index (κ3) is 4.70. The van der Waals surface area contributed by atoms with Crippen molar-refractivity contribution >= 4 is 9.04 Å². The smallest absolute Gasteiger partial charge is 0.229 e. The SMILES string of the molecule is CCCCCc1cc(O)cc(O[SiH](C)C)c1. The van der Waals surface area contributed by atoms with Gasteiger partial charge in [0.15, 0.2) is 0 Å². The van der Waals surface area contributed by atoms with E-state index >= 15 is 0 Å². The lowest BCUT2D eigenvalue weighted by Crippen LogP contribution is -2.11. The number of rotatable bonds is 6. The van der Waals surface area contributed by atoms with Crippen LogP contribution in [0, 0.1) is 0 Å². The van der Waals surface area contributed by atoms with Crippen molar-refractivity contribution in [3.05, 3.63) is 23.8 Å². The molecule has 1 rings (SSSR count). The Hall–Kier alpha value is -0.963. The summed E-state index contributed by atoms with van der Waals surface area (Å²) in [6.45, 7) is 6.45. The molecule has 0 saturated carbocycles. The normalized spacial score (nSPS) is 10.8. The van der Waals surface area contributed by atoms with E-state index in [1.54, 1.807) is 6.07 Å². The third-order valence-corrected chi connectivity index (χ3v) is 3.14. The van der Waals surface area contributed by atoms with E-state index in [0.717, 1.165) is 12.2 Å². The van der Waals surface area contributed by atoms with Gasteiger partial charge in [-0.2, -0.15) is 0 Å². The maximum Gasteiger partial charge on any atom is 0.229 e. The number of hydrogen-bond donors (Lipinski definition) is 1. The fourth-order valence-corrected chi connectivity index (χ4v) is 2.39. The zero-order valence-electron chi connectivity index (χ0n) is 10.5. The van der Waals surface area contributed by atoms with E-state index in [0.29, 0.717) is 5.75 Å². The molecule has 0 aliphatic heterocycles. The molecule has 0 aromatic heterocycles. The highest BCUT2D eigenvalue weighted by atomic mass is 28.3. The molecule has 0 heterocycles. The predicted molar refractivity (Wildman–Crippen MR) is 70.8 cm³/mol. The zero-order chi connectivity index (χ0) is 12.0. The molecule has 0 saturated heterocycles. The van der Waals surface area contributed by atoms with E-state index in [9.17, 15) is 5.11 Å². The van der Waals surface area contributed by atoms with Crippen LogP contribution in [-0.4, -0.2) is 14.1 Å². The number of unbranched alkanes of at least 4 members (excludes halogenated alkanes) is 2. The van der Waals surface area contributed by atoms with E-state index in [4.69, 9.17) is 4.43 Å². The number of hydrogen-bond acceptors (Lipinski definition) is 2. The van der Waals surface area contributed by atoms with Crippen molar-refractivity contribution in [3.63, 3.8) is 0 Å². The van der Waals surface area contributed by atoms with Crippen molar-refractivity contribution in [1.29, 1.82) is 0 Å². The first-order valence-corrected chi connectivity index (χ1v) is 8.89. The van der Waals surface area contributed by atoms with Crippen molar-refractivity contribution in [2.45, 2.75) is 45.7 Å². The molecule has 1 aromatic carbocycles. The molecule has 2 nitrogen and oxygen atoms in total. The fraction of sp³-hybridized carbons (Fsp3) is 0.538. The molecule has 16 heavy (non-hydrogen) atoms. The summed E-state index contributed by atoms with van der Waals surface area (Å²) in [5, 5.41) is 9.60. The Bertz CT molecular complexity index is 324. The van der Waals surface area contributed by atoms with Gasteiger partial charge in [-0.25, -0.2) is 0 Å². The quantitative estimate of drug-likeness (QED) is 0.607. The Labute approximate surface area is 100.0 Å². The maximum atomic E-state index is 9.60. The van der Waals surface area contributed by atoms with Crippen LogP contribution in [0.3, 0.4) is 0 Å². The number of aromatic hydroxyl groups is 1. The average molecular weight is 238 g/mol. The van der Waals surface area contributed by atoms with Gasteiger partial charge >= 0.3 is 0 Å². The van der Waals surface area contributed by atoms with Gasteiger partial charge in [0.05, 0.1) is 0 Å². The van der Waals surface area contributed by atoms with Crippen LogP contribution in [0.4, 0.5) is 0 Å². The molecule has 0 bridgehead atoms. The number of phenols is 1. The molecular weight excluding hydrogens is 216 g/mol. The molecule has 0 atom stereocenters. The van der Waals surface area contributed by atoms with Gasteiger partial charge in [-0.1, -0.05) is 19.8 Å². The lowest BCUT2D eigenvalue weighted by molar-refractivity contribution is 0.469. The Kier molecular flexibility index (Phi) is 5.39. The van der Waals surface area contributed by atoms with Crippen molar-refractivity contribution in [3.8, 4) is 11.5 Å². The summed E-state index contributed by atoms with van der Waals surface area (Å²) < 4.78 is 5.72. The number of benzene rings is 1. The van der Waals surface area contributed by atoms with Gasteiger partial charge in [0.1, 0.15) is 11.5 Å². The highest BCUT2D eigenvalue weighted by Crippen LogP contribution is 2.23. The lowest BCUT2D eigenvalue weighted by Gasteiger charge is -2.11. The van der Waals surface area contributed by atoms with Crippen LogP contribution in [0.15, 0.2) is 18.2 Å². The Balaban J connectivity index is 2.65. The molecule has 0 unspecified atom stereocenters. The summed E-state index contributed by atoms with van der Waals surface area (Å²) in [6.07, 6.45) is 4.67. The van der Waals surface area contributed by atoms with Crippen LogP contribution in [0.5, 0.6) is 11.5 Å². The molecule has 0 aliphatic rings. The molecule has 0 amide bonds. The zero-order valence-corrected chi connectivity index (χ0v) is 11.6. The number of aryl methyl sites for hydroxylation is 1. The molecule has 0 radical (unpaired) electrons. The van der Waals surface area contributed by atoms with Gasteiger partial charge < -0.3 is 9.53 Å². The highest BCUT2D eigenvalue weighted by Gasteiger charge is 2.03. The van der Waals surface area contributed by atoms with Crippen molar-refractivity contribution < 1.29 is 9.53 Å². The van der Waals surface area contributed by atoms with Gasteiger partial charge in [-0.3, -0.25) is 0 Å². The van der Waals surface area contributed by atoms with Gasteiger partial charge in [0.25, 0.3) is 0 Å². The predicted octanol–water partition coefficient (Wildman–Crippen LogP) is 3.49. The summed E-state index contributed by atoms with van der Waals surface area (Å²) in [6, 6.07) is 5.60. The molecule has 0 spiro atoms. The molecule has 0 fully saturated rings. The summed E-state index contributed by atoms with van der Waals surface area (Å²) in [5.74, 6) is 1.15. The van der Waals surface area contributed by atoms with Crippen LogP contribution in [0.2, 0.25) is 13.1 Å². The van der Waals surface area contributed by atoms with E-state index in [1.165, 1.54) is 24.8 Å². The van der Waals surface area contributed by atoms with Crippen molar-refractivity contribution in [2.24, 2.45) is 0 Å². The Morgan fingerprint density at radius 1 is 1.19 bits per heavy atom. The standard InChI is InChI=1S/C13H22O2Si/c1-4-5-6-7-11-8-12(14)10-13(9-11)15-16(2)3/h8-10,14,16H,4-7H2,1-3H3. The van der Waals surface area contributed by atoms with Crippen LogP contribution in [0.1, 0.15) is 31.7 Å². The van der Waals surface area contributed by atoms with Crippen molar-refractivity contribution in [2.75, 3.05) is 0 Å². The minimum absolute atomic E-state index is 0.318. The fourth-order valence-electron chi connectivity index (χ4n) is 1.71. The maximum absolute atomic E-state index is 9.60. The van der Waals surface area contributed by atoms with Crippen molar-refractivity contribution in [1.82, 2.24) is 0 Å². The highest BCUT2D eigenvalue weighted by molar-refractivity contribution is 6.49. The van der Waals surface area contributed by atoms with Gasteiger partial charge in [0.2, 0.25) is 9.04 Å². The monoisotopic (exact) mass is 238 g/mol. The van der Waals surface area contributed by atoms with Crippen LogP contribution < -0.4 is 4.43 Å². The lowest BCUT2D eigenvalue weighted by atomic mass is 10.1. The third-order valence-electron chi connectivity index (χ3n) is 2.39. The second kappa shape index (κ2) is 6.58. The van der Waals surface area contributed by atoms with Crippen LogP contribution in [0.25, 0.3) is 0 Å². The Morgan fingerprint density at radius 3 is 2.56 bits per heavy atom.